The molecule has 0 atom stereocenters. The molecule has 1 aliphatic heterocycles. The van der Waals surface area contributed by atoms with Gasteiger partial charge in [0.15, 0.2) is 0 Å². The molecule has 0 unspecified atom stereocenters. The molecule has 0 aliphatic carbocycles. The number of fused-ring (bicyclic) bond motifs is 1. The average Bonchev–Trinajstić information content (AvgIpc) is 2.50. The lowest BCUT2D eigenvalue weighted by Crippen LogP contribution is -2.34. The van der Waals surface area contributed by atoms with Crippen LogP contribution in [0, 0.1) is 10.1 Å². The van der Waals surface area contributed by atoms with E-state index in [0.717, 1.165) is 25.1 Å². The van der Waals surface area contributed by atoms with Gasteiger partial charge in [-0.2, -0.15) is 0 Å². The fourth-order valence-corrected chi connectivity index (χ4v) is 3.34. The number of rotatable bonds is 3. The van der Waals surface area contributed by atoms with Gasteiger partial charge in [-0.1, -0.05) is 0 Å². The average molecular weight is 284 g/mol. The molecule has 1 aliphatic rings. The van der Waals surface area contributed by atoms with Gasteiger partial charge in [0.05, 0.1) is 17.0 Å². The third-order valence-corrected chi connectivity index (χ3v) is 4.34. The van der Waals surface area contributed by atoms with Crippen molar-refractivity contribution < 1.29 is 22.9 Å². The Hall–Kier alpha value is -2.29. The van der Waals surface area contributed by atoms with Gasteiger partial charge in [-0.25, -0.2) is 12.7 Å². The number of carbonyl (C=O) groups excluding carboxylic acids is 2. The third kappa shape index (κ3) is 1.97. The number of nitro groups is 1. The Labute approximate surface area is 107 Å². The molecule has 8 nitrogen and oxygen atoms in total. The highest BCUT2D eigenvalue weighted by atomic mass is 32.2. The number of hydrogen-bond donors (Lipinski definition) is 0. The molecule has 0 N–H and O–H groups in total. The van der Waals surface area contributed by atoms with Gasteiger partial charge < -0.3 is 0 Å². The van der Waals surface area contributed by atoms with Crippen molar-refractivity contribution in [2.45, 2.75) is 11.8 Å². The van der Waals surface area contributed by atoms with Gasteiger partial charge in [-0.05, 0) is 13.0 Å². The maximum Gasteiger partial charge on any atom is 0.270 e. The van der Waals surface area contributed by atoms with Gasteiger partial charge in [-0.3, -0.25) is 19.7 Å². The van der Waals surface area contributed by atoms with Gasteiger partial charge in [0.2, 0.25) is 0 Å². The minimum absolute atomic E-state index is 0.160. The summed E-state index contributed by atoms with van der Waals surface area (Å²) in [5.41, 5.74) is -0.591. The van der Waals surface area contributed by atoms with Crippen LogP contribution < -0.4 is 0 Å². The first-order chi connectivity index (χ1) is 8.75. The Kier molecular flexibility index (Phi) is 2.85. The first-order valence-corrected chi connectivity index (χ1v) is 6.54. The second-order valence-corrected chi connectivity index (χ2v) is 5.79. The van der Waals surface area contributed by atoms with E-state index in [0.29, 0.717) is 4.31 Å². The zero-order valence-electron chi connectivity index (χ0n) is 9.69. The van der Waals surface area contributed by atoms with Crippen LogP contribution in [0.5, 0.6) is 0 Å². The van der Waals surface area contributed by atoms with Crippen molar-refractivity contribution in [2.24, 2.45) is 0 Å². The van der Waals surface area contributed by atoms with Gasteiger partial charge in [0.1, 0.15) is 10.7 Å². The van der Waals surface area contributed by atoms with E-state index in [4.69, 9.17) is 0 Å². The highest BCUT2D eigenvalue weighted by molar-refractivity contribution is 7.90. The van der Waals surface area contributed by atoms with Crippen LogP contribution >= 0.6 is 0 Å². The number of carbonyl (C=O) groups is 2. The first kappa shape index (κ1) is 13.1. The molecule has 0 saturated carbocycles. The molecule has 0 bridgehead atoms. The molecule has 0 spiro atoms. The molecule has 0 fully saturated rings. The zero-order chi connectivity index (χ0) is 14.4. The van der Waals surface area contributed by atoms with E-state index < -0.39 is 43.8 Å². The van der Waals surface area contributed by atoms with Crippen molar-refractivity contribution in [1.29, 1.82) is 0 Å². The Balaban J connectivity index is 2.61. The highest BCUT2D eigenvalue weighted by Gasteiger charge is 2.42. The summed E-state index contributed by atoms with van der Waals surface area (Å²) in [4.78, 5) is 32.3. The van der Waals surface area contributed by atoms with Crippen molar-refractivity contribution in [3.63, 3.8) is 0 Å². The minimum atomic E-state index is -4.19. The van der Waals surface area contributed by atoms with Crippen LogP contribution in [0.15, 0.2) is 23.1 Å². The van der Waals surface area contributed by atoms with Gasteiger partial charge in [0, 0.05) is 12.1 Å². The molecule has 1 aromatic rings. The molecule has 1 amide bonds. The van der Waals surface area contributed by atoms with Crippen LogP contribution in [0.25, 0.3) is 0 Å². The van der Waals surface area contributed by atoms with E-state index in [2.05, 4.69) is 0 Å². The molecule has 100 valence electrons. The summed E-state index contributed by atoms with van der Waals surface area (Å²) in [7, 11) is -4.19. The lowest BCUT2D eigenvalue weighted by molar-refractivity contribution is -0.385. The minimum Gasteiger partial charge on any atom is -0.298 e. The number of hydrogen-bond acceptors (Lipinski definition) is 6. The number of nitrogens with zero attached hydrogens (tertiary/aromatic N) is 2. The number of sulfonamides is 1. The fraction of sp³-hybridized carbons (Fsp3) is 0.200. The second-order valence-electron chi connectivity index (χ2n) is 3.96. The number of benzene rings is 1. The Bertz CT molecular complexity index is 709. The van der Waals surface area contributed by atoms with Gasteiger partial charge >= 0.3 is 0 Å². The fourth-order valence-electron chi connectivity index (χ4n) is 1.74. The molecule has 9 heteroatoms. The maximum absolute atomic E-state index is 12.0. The summed E-state index contributed by atoms with van der Waals surface area (Å²) in [6.07, 6.45) is 0. The quantitative estimate of drug-likeness (QED) is 0.583. The molecule has 2 rings (SSSR count). The lowest BCUT2D eigenvalue weighted by atomic mass is 10.2. The van der Waals surface area contributed by atoms with Crippen molar-refractivity contribution in [2.75, 3.05) is 6.54 Å². The molecular formula is C10H8N2O6S. The van der Waals surface area contributed by atoms with Crippen molar-refractivity contribution in [3.8, 4) is 0 Å². The topological polar surface area (TPSA) is 115 Å². The Morgan fingerprint density at radius 1 is 1.42 bits per heavy atom. The summed E-state index contributed by atoms with van der Waals surface area (Å²) in [6.45, 7) is 0.567. The van der Waals surface area contributed by atoms with Crippen LogP contribution in [-0.2, 0) is 14.8 Å². The predicted octanol–water partition coefficient (Wildman–Crippen LogP) is 0.328. The number of Topliss-reactive ketones (excluding diaryl/α,β-unsaturated/α-hetero) is 1. The van der Waals surface area contributed by atoms with E-state index in [9.17, 15) is 28.1 Å². The van der Waals surface area contributed by atoms with Crippen LogP contribution in [0.2, 0.25) is 0 Å². The monoisotopic (exact) mass is 284 g/mol. The van der Waals surface area contributed by atoms with Crippen molar-refractivity contribution in [3.05, 3.63) is 33.9 Å². The van der Waals surface area contributed by atoms with E-state index in [1.54, 1.807) is 0 Å². The van der Waals surface area contributed by atoms with Crippen molar-refractivity contribution in [1.82, 2.24) is 4.31 Å². The smallest absolute Gasteiger partial charge is 0.270 e. The summed E-state index contributed by atoms with van der Waals surface area (Å²) in [6, 6.07) is 2.94. The van der Waals surface area contributed by atoms with Gasteiger partial charge in [-0.15, -0.1) is 0 Å². The molecular weight excluding hydrogens is 276 g/mol. The standard InChI is InChI=1S/C10H8N2O6S/c1-6(13)5-11-10(14)8-3-2-7(12(15)16)4-9(8)19(11,17)18/h2-4H,5H2,1H3. The summed E-state index contributed by atoms with van der Waals surface area (Å²) in [5, 5.41) is 10.6. The van der Waals surface area contributed by atoms with Crippen LogP contribution in [0.4, 0.5) is 5.69 Å². The largest absolute Gasteiger partial charge is 0.298 e. The number of amides is 1. The molecule has 0 saturated heterocycles. The van der Waals surface area contributed by atoms with Crippen LogP contribution in [0.1, 0.15) is 17.3 Å². The molecule has 1 heterocycles. The number of ketones is 1. The summed E-state index contributed by atoms with van der Waals surface area (Å²) < 4.78 is 24.5. The third-order valence-electron chi connectivity index (χ3n) is 2.57. The van der Waals surface area contributed by atoms with Crippen LogP contribution in [-0.4, -0.2) is 35.9 Å². The number of non-ortho nitro benzene ring substituents is 1. The summed E-state index contributed by atoms with van der Waals surface area (Å²) >= 11 is 0. The molecule has 19 heavy (non-hydrogen) atoms. The molecule has 0 radical (unpaired) electrons. The Morgan fingerprint density at radius 2 is 2.05 bits per heavy atom. The van der Waals surface area contributed by atoms with E-state index in [1.807, 2.05) is 0 Å². The van der Waals surface area contributed by atoms with E-state index in [1.165, 1.54) is 0 Å². The molecule has 0 aromatic heterocycles. The van der Waals surface area contributed by atoms with E-state index >= 15 is 0 Å². The van der Waals surface area contributed by atoms with E-state index in [-0.39, 0.29) is 5.56 Å². The maximum atomic E-state index is 12.0. The second kappa shape index (κ2) is 4.12. The predicted molar refractivity (Wildman–Crippen MR) is 62.0 cm³/mol. The van der Waals surface area contributed by atoms with Crippen molar-refractivity contribution >= 4 is 27.4 Å². The highest BCUT2D eigenvalue weighted by Crippen LogP contribution is 2.32. The van der Waals surface area contributed by atoms with Gasteiger partial charge in [0.25, 0.3) is 21.6 Å². The van der Waals surface area contributed by atoms with Crippen LogP contribution in [0.3, 0.4) is 0 Å². The zero-order valence-corrected chi connectivity index (χ0v) is 10.5. The SMILES string of the molecule is CC(=O)CN1C(=O)c2ccc([N+](=O)[O-])cc2S1(=O)=O. The normalized spacial score (nSPS) is 16.3. The lowest BCUT2D eigenvalue weighted by Gasteiger charge is -2.12. The first-order valence-electron chi connectivity index (χ1n) is 5.10. The molecule has 1 aromatic carbocycles. The summed E-state index contributed by atoms with van der Waals surface area (Å²) in [5.74, 6) is -1.35. The number of nitro benzene ring substituents is 1. The Morgan fingerprint density at radius 3 is 2.58 bits per heavy atom.